The molecule has 11 heteroatoms. The van der Waals surface area contributed by atoms with Gasteiger partial charge in [-0.2, -0.15) is 0 Å². The molecule has 0 amide bonds. The Hall–Kier alpha value is 1.78. The molecule has 0 bridgehead atoms. The van der Waals surface area contributed by atoms with Gasteiger partial charge in [-0.25, -0.2) is 16.8 Å². The van der Waals surface area contributed by atoms with Gasteiger partial charge >= 0.3 is 59.1 Å². The Morgan fingerprint density at radius 1 is 0.800 bits per heavy atom. The van der Waals surface area contributed by atoms with Crippen LogP contribution >= 0.6 is 0 Å². The van der Waals surface area contributed by atoms with Crippen LogP contribution in [0.5, 0.6) is 0 Å². The molecular weight excluding hydrogens is 270 g/mol. The van der Waals surface area contributed by atoms with Crippen molar-refractivity contribution >= 4 is 20.2 Å². The van der Waals surface area contributed by atoms with Crippen molar-refractivity contribution in [1.82, 2.24) is 0 Å². The second kappa shape index (κ2) is 9.77. The number of ether oxygens (including phenoxy) is 1. The molecule has 0 aliphatic heterocycles. The van der Waals surface area contributed by atoms with E-state index in [1.165, 1.54) is 0 Å². The van der Waals surface area contributed by atoms with Crippen molar-refractivity contribution in [2.24, 2.45) is 0 Å². The maximum absolute atomic E-state index is 9.98. The molecule has 0 aromatic carbocycles. The molecule has 80 valence electrons. The monoisotopic (exact) mass is 278 g/mol. The van der Waals surface area contributed by atoms with Gasteiger partial charge in [0, 0.05) is 0 Å². The Labute approximate surface area is 133 Å². The average Bonchev–Trinajstić information content (AvgIpc) is 1.81. The Morgan fingerprint density at radius 3 is 1.27 bits per heavy atom. The van der Waals surface area contributed by atoms with Crippen molar-refractivity contribution in [3.63, 3.8) is 0 Å². The Kier molecular flexibility index (Phi) is 14.3. The van der Waals surface area contributed by atoms with Gasteiger partial charge < -0.3 is 13.8 Å². The maximum Gasteiger partial charge on any atom is 1.00 e. The van der Waals surface area contributed by atoms with Gasteiger partial charge in [-0.1, -0.05) is 0 Å². The summed E-state index contributed by atoms with van der Waals surface area (Å²) in [6, 6.07) is 0. The smallest absolute Gasteiger partial charge is 0.748 e. The summed E-state index contributed by atoms with van der Waals surface area (Å²) in [5.41, 5.74) is 0. The Morgan fingerprint density at radius 2 is 1.07 bits per heavy atom. The van der Waals surface area contributed by atoms with Crippen LogP contribution in [0.15, 0.2) is 0 Å². The van der Waals surface area contributed by atoms with Crippen LogP contribution in [0.3, 0.4) is 0 Å². The predicted molar refractivity (Wildman–Crippen MR) is 39.9 cm³/mol. The van der Waals surface area contributed by atoms with E-state index in [9.17, 15) is 25.9 Å². The van der Waals surface area contributed by atoms with Crippen LogP contribution in [0, 0.1) is 0 Å². The Bertz CT molecular complexity index is 300. The van der Waals surface area contributed by atoms with Crippen LogP contribution in [0.2, 0.25) is 0 Å². The Balaban J connectivity index is -0.000000720. The molecule has 0 aliphatic rings. The molecule has 0 aromatic rings. The maximum atomic E-state index is 9.98. The van der Waals surface area contributed by atoms with E-state index < -0.39 is 45.0 Å². The van der Waals surface area contributed by atoms with Gasteiger partial charge in [-0.3, -0.25) is 0 Å². The van der Waals surface area contributed by atoms with Crippen molar-refractivity contribution in [1.29, 1.82) is 0 Å². The average molecular weight is 278 g/mol. The van der Waals surface area contributed by atoms with Crippen LogP contribution in [0.4, 0.5) is 0 Å². The van der Waals surface area contributed by atoms with Crippen LogP contribution < -0.4 is 59.1 Å². The van der Waals surface area contributed by atoms with E-state index in [4.69, 9.17) is 0 Å². The number of hydrogen-bond donors (Lipinski definition) is 0. The molecule has 0 unspecified atom stereocenters. The third-order valence-corrected chi connectivity index (χ3v) is 2.29. The van der Waals surface area contributed by atoms with Crippen LogP contribution in [0.1, 0.15) is 0 Å². The molecule has 0 atom stereocenters. The fraction of sp³-hybridized carbons (Fsp3) is 1.00. The van der Waals surface area contributed by atoms with E-state index >= 15 is 0 Å². The van der Waals surface area contributed by atoms with E-state index in [1.807, 2.05) is 0 Å². The van der Waals surface area contributed by atoms with Crippen LogP contribution in [-0.4, -0.2) is 50.7 Å². The first-order valence-corrected chi connectivity index (χ1v) is 6.31. The minimum Gasteiger partial charge on any atom is -0.748 e. The third kappa shape index (κ3) is 21.6. The summed E-state index contributed by atoms with van der Waals surface area (Å²) < 4.78 is 64.3. The SMILES string of the molecule is O=S(=O)([O-])CCOCCS(=O)(=O)[O-].[Na+].[Na+]. The molecule has 0 spiro atoms. The van der Waals surface area contributed by atoms with E-state index in [-0.39, 0.29) is 59.1 Å². The zero-order chi connectivity index (χ0) is 10.5. The molecule has 0 aliphatic carbocycles. The first-order chi connectivity index (χ1) is 5.71. The first kappa shape index (κ1) is 22.0. The van der Waals surface area contributed by atoms with Gasteiger partial charge in [0.25, 0.3) is 0 Å². The quantitative estimate of drug-likeness (QED) is 0.268. The van der Waals surface area contributed by atoms with Gasteiger partial charge in [0.1, 0.15) is 0 Å². The molecule has 0 saturated carbocycles. The van der Waals surface area contributed by atoms with E-state index in [2.05, 4.69) is 4.74 Å². The molecule has 0 N–H and O–H groups in total. The van der Waals surface area contributed by atoms with Gasteiger partial charge in [0.05, 0.1) is 45.0 Å². The van der Waals surface area contributed by atoms with Crippen molar-refractivity contribution in [3.8, 4) is 0 Å². The van der Waals surface area contributed by atoms with E-state index in [1.54, 1.807) is 0 Å². The minimum atomic E-state index is -4.34. The summed E-state index contributed by atoms with van der Waals surface area (Å²) in [5, 5.41) is 0. The number of hydrogen-bond acceptors (Lipinski definition) is 7. The second-order valence-electron chi connectivity index (χ2n) is 2.14. The van der Waals surface area contributed by atoms with Gasteiger partial charge in [-0.15, -0.1) is 0 Å². The standard InChI is InChI=1S/C4H10O7S2.2Na/c5-12(6,7)3-1-11-2-4-13(8,9)10;;/h1-4H2,(H,5,6,7)(H,8,9,10);;/q;2*+1/p-2. The largest absolute Gasteiger partial charge is 1.00 e. The molecule has 0 radical (unpaired) electrons. The first-order valence-electron chi connectivity index (χ1n) is 3.15. The van der Waals surface area contributed by atoms with Crippen molar-refractivity contribution in [2.45, 2.75) is 0 Å². The summed E-state index contributed by atoms with van der Waals surface area (Å²) in [7, 11) is -8.69. The van der Waals surface area contributed by atoms with Crippen LogP contribution in [0.25, 0.3) is 0 Å². The molecule has 0 fully saturated rings. The second-order valence-corrected chi connectivity index (χ2v) is 5.18. The summed E-state index contributed by atoms with van der Waals surface area (Å²) >= 11 is 0. The summed E-state index contributed by atoms with van der Waals surface area (Å²) in [6.07, 6.45) is 0. The molecule has 0 rings (SSSR count). The van der Waals surface area contributed by atoms with E-state index in [0.29, 0.717) is 0 Å². The van der Waals surface area contributed by atoms with Crippen molar-refractivity contribution in [2.75, 3.05) is 24.7 Å². The summed E-state index contributed by atoms with van der Waals surface area (Å²) in [5.74, 6) is -1.46. The zero-order valence-corrected chi connectivity index (χ0v) is 14.1. The van der Waals surface area contributed by atoms with Crippen molar-refractivity contribution in [3.05, 3.63) is 0 Å². The van der Waals surface area contributed by atoms with Gasteiger partial charge in [0.15, 0.2) is 0 Å². The third-order valence-electron chi connectivity index (χ3n) is 0.955. The minimum absolute atomic E-state index is 0. The molecule has 15 heavy (non-hydrogen) atoms. The predicted octanol–water partition coefficient (Wildman–Crippen LogP) is -7.90. The molecule has 0 saturated heterocycles. The topological polar surface area (TPSA) is 124 Å². The normalized spacial score (nSPS) is 11.3. The van der Waals surface area contributed by atoms with Crippen molar-refractivity contribution < 1.29 is 89.8 Å². The fourth-order valence-corrected chi connectivity index (χ4v) is 1.07. The van der Waals surface area contributed by atoms with Crippen LogP contribution in [-0.2, 0) is 25.0 Å². The number of rotatable bonds is 6. The van der Waals surface area contributed by atoms with Gasteiger partial charge in [0.2, 0.25) is 0 Å². The van der Waals surface area contributed by atoms with E-state index in [0.717, 1.165) is 0 Å². The molecule has 0 aromatic heterocycles. The molecular formula is C4H8Na2O7S2. The summed E-state index contributed by atoms with van der Waals surface area (Å²) in [6.45, 7) is -0.803. The fourth-order valence-electron chi connectivity index (χ4n) is 0.424. The summed E-state index contributed by atoms with van der Waals surface area (Å²) in [4.78, 5) is 0. The molecule has 0 heterocycles. The van der Waals surface area contributed by atoms with Gasteiger partial charge in [-0.05, 0) is 0 Å². The molecule has 7 nitrogen and oxygen atoms in total. The zero-order valence-electron chi connectivity index (χ0n) is 8.50.